The van der Waals surface area contributed by atoms with E-state index in [0.717, 1.165) is 11.1 Å². The molecule has 2 aromatic rings. The second-order valence-corrected chi connectivity index (χ2v) is 4.56. The van der Waals surface area contributed by atoms with Crippen LogP contribution in [0.2, 0.25) is 0 Å². The van der Waals surface area contributed by atoms with Crippen LogP contribution in [0.1, 0.15) is 11.1 Å². The lowest BCUT2D eigenvalue weighted by Gasteiger charge is -2.11. The van der Waals surface area contributed by atoms with Crippen LogP contribution in [0.5, 0.6) is 0 Å². The molecular formula is C16H17FN2O2. The van der Waals surface area contributed by atoms with Crippen molar-refractivity contribution in [3.05, 3.63) is 65.5 Å². The summed E-state index contributed by atoms with van der Waals surface area (Å²) in [5, 5.41) is 14.4. The first-order valence-corrected chi connectivity index (χ1v) is 6.67. The van der Waals surface area contributed by atoms with Gasteiger partial charge in [-0.1, -0.05) is 30.3 Å². The summed E-state index contributed by atoms with van der Waals surface area (Å²) in [5.41, 5.74) is 2.36. The first-order valence-electron chi connectivity index (χ1n) is 6.67. The number of hydrogen-bond donors (Lipinski definition) is 3. The average Bonchev–Trinajstić information content (AvgIpc) is 2.49. The zero-order valence-corrected chi connectivity index (χ0v) is 11.5. The van der Waals surface area contributed by atoms with Gasteiger partial charge in [0.1, 0.15) is 5.82 Å². The molecule has 0 aromatic heterocycles. The zero-order chi connectivity index (χ0) is 15.1. The Labute approximate surface area is 122 Å². The van der Waals surface area contributed by atoms with Gasteiger partial charge in [0, 0.05) is 18.8 Å². The van der Waals surface area contributed by atoms with Gasteiger partial charge in [-0.05, 0) is 35.7 Å². The van der Waals surface area contributed by atoms with Gasteiger partial charge in [0.2, 0.25) is 0 Å². The normalized spacial score (nSPS) is 10.2. The summed E-state index contributed by atoms with van der Waals surface area (Å²) in [5.74, 6) is -0.305. The van der Waals surface area contributed by atoms with Crippen molar-refractivity contribution in [3.8, 4) is 0 Å². The van der Waals surface area contributed by atoms with E-state index in [1.165, 1.54) is 12.1 Å². The summed E-state index contributed by atoms with van der Waals surface area (Å²) in [7, 11) is 0. The molecular weight excluding hydrogens is 271 g/mol. The number of hydrogen-bond acceptors (Lipinski definition) is 2. The number of para-hydroxylation sites is 1. The molecule has 0 saturated heterocycles. The highest BCUT2D eigenvalue weighted by molar-refractivity contribution is 5.90. The second-order valence-electron chi connectivity index (χ2n) is 4.56. The maximum absolute atomic E-state index is 12.8. The molecule has 21 heavy (non-hydrogen) atoms. The molecule has 4 nitrogen and oxygen atoms in total. The van der Waals surface area contributed by atoms with Gasteiger partial charge in [-0.25, -0.2) is 9.18 Å². The predicted octanol–water partition coefficient (Wildman–Crippen LogP) is 2.68. The van der Waals surface area contributed by atoms with E-state index in [2.05, 4.69) is 10.6 Å². The summed E-state index contributed by atoms with van der Waals surface area (Å²) < 4.78 is 12.8. The van der Waals surface area contributed by atoms with E-state index in [1.54, 1.807) is 18.2 Å². The van der Waals surface area contributed by atoms with Gasteiger partial charge in [-0.15, -0.1) is 0 Å². The van der Waals surface area contributed by atoms with Crippen LogP contribution < -0.4 is 10.6 Å². The third-order valence-electron chi connectivity index (χ3n) is 3.01. The van der Waals surface area contributed by atoms with Crippen LogP contribution in [0.3, 0.4) is 0 Å². The number of halogens is 1. The predicted molar refractivity (Wildman–Crippen MR) is 79.5 cm³/mol. The van der Waals surface area contributed by atoms with E-state index in [4.69, 9.17) is 5.11 Å². The summed E-state index contributed by atoms with van der Waals surface area (Å²) >= 11 is 0. The fourth-order valence-corrected chi connectivity index (χ4v) is 1.93. The maximum Gasteiger partial charge on any atom is 0.319 e. The molecule has 0 unspecified atom stereocenters. The molecule has 0 aliphatic heterocycles. The number of aliphatic hydroxyl groups is 1. The Hall–Kier alpha value is -2.40. The highest BCUT2D eigenvalue weighted by Gasteiger charge is 2.05. The molecule has 0 saturated carbocycles. The van der Waals surface area contributed by atoms with Crippen molar-refractivity contribution in [2.75, 3.05) is 11.9 Å². The molecule has 5 heteroatoms. The van der Waals surface area contributed by atoms with Gasteiger partial charge >= 0.3 is 6.03 Å². The lowest BCUT2D eigenvalue weighted by Crippen LogP contribution is -2.28. The van der Waals surface area contributed by atoms with E-state index >= 15 is 0 Å². The number of urea groups is 1. The topological polar surface area (TPSA) is 61.4 Å². The van der Waals surface area contributed by atoms with Crippen molar-refractivity contribution < 1.29 is 14.3 Å². The summed E-state index contributed by atoms with van der Waals surface area (Å²) in [6.45, 7) is 0.337. The van der Waals surface area contributed by atoms with Gasteiger partial charge < -0.3 is 15.7 Å². The molecule has 0 aliphatic rings. The summed E-state index contributed by atoms with van der Waals surface area (Å²) in [6, 6.07) is 12.9. The lowest BCUT2D eigenvalue weighted by molar-refractivity contribution is 0.251. The molecule has 2 rings (SSSR count). The standard InChI is InChI=1S/C16H17FN2O2/c17-14-7-5-12(6-8-14)11-18-16(21)19-15-4-2-1-3-13(15)9-10-20/h1-8,20H,9-11H2,(H2,18,19,21). The Bertz CT molecular complexity index is 599. The third kappa shape index (κ3) is 4.57. The molecule has 2 aromatic carbocycles. The van der Waals surface area contributed by atoms with E-state index in [0.29, 0.717) is 18.7 Å². The zero-order valence-electron chi connectivity index (χ0n) is 11.5. The molecule has 0 spiro atoms. The molecule has 3 N–H and O–H groups in total. The van der Waals surface area contributed by atoms with E-state index in [9.17, 15) is 9.18 Å². The SMILES string of the molecule is O=C(NCc1ccc(F)cc1)Nc1ccccc1CCO. The number of carbonyl (C=O) groups is 1. The molecule has 0 aliphatic carbocycles. The fraction of sp³-hybridized carbons (Fsp3) is 0.188. The molecule has 0 fully saturated rings. The number of nitrogens with one attached hydrogen (secondary N) is 2. The van der Waals surface area contributed by atoms with Crippen molar-refractivity contribution in [1.82, 2.24) is 5.32 Å². The van der Waals surface area contributed by atoms with Gasteiger partial charge in [-0.3, -0.25) is 0 Å². The van der Waals surface area contributed by atoms with Crippen molar-refractivity contribution in [1.29, 1.82) is 0 Å². The number of carbonyl (C=O) groups excluding carboxylic acids is 1. The Kier molecular flexibility index (Phi) is 5.29. The molecule has 0 heterocycles. The molecule has 0 atom stereocenters. The average molecular weight is 288 g/mol. The molecule has 0 radical (unpaired) electrons. The van der Waals surface area contributed by atoms with E-state index in [1.807, 2.05) is 18.2 Å². The number of amides is 2. The first kappa shape index (κ1) is 15.0. The quantitative estimate of drug-likeness (QED) is 0.792. The van der Waals surface area contributed by atoms with Crippen molar-refractivity contribution in [3.63, 3.8) is 0 Å². The molecule has 0 bridgehead atoms. The number of aliphatic hydroxyl groups excluding tert-OH is 1. The minimum atomic E-state index is -0.343. The Morgan fingerprint density at radius 2 is 1.81 bits per heavy atom. The molecule has 110 valence electrons. The van der Waals surface area contributed by atoms with E-state index in [-0.39, 0.29) is 18.5 Å². The number of rotatable bonds is 5. The maximum atomic E-state index is 12.8. The number of anilines is 1. The first-order chi connectivity index (χ1) is 10.2. The van der Waals surface area contributed by atoms with Gasteiger partial charge in [0.15, 0.2) is 0 Å². The highest BCUT2D eigenvalue weighted by Crippen LogP contribution is 2.15. The van der Waals surface area contributed by atoms with Crippen molar-refractivity contribution in [2.45, 2.75) is 13.0 Å². The number of benzene rings is 2. The Balaban J connectivity index is 1.91. The van der Waals surface area contributed by atoms with E-state index < -0.39 is 0 Å². The van der Waals surface area contributed by atoms with Crippen LogP contribution in [0.15, 0.2) is 48.5 Å². The van der Waals surface area contributed by atoms with Crippen molar-refractivity contribution >= 4 is 11.7 Å². The van der Waals surface area contributed by atoms with Crippen LogP contribution in [0, 0.1) is 5.82 Å². The smallest absolute Gasteiger partial charge is 0.319 e. The van der Waals surface area contributed by atoms with Crippen LogP contribution in [0.4, 0.5) is 14.9 Å². The lowest BCUT2D eigenvalue weighted by atomic mass is 10.1. The summed E-state index contributed by atoms with van der Waals surface area (Å²) in [4.78, 5) is 11.9. The van der Waals surface area contributed by atoms with Crippen molar-refractivity contribution in [2.24, 2.45) is 0 Å². The largest absolute Gasteiger partial charge is 0.396 e. The highest BCUT2D eigenvalue weighted by atomic mass is 19.1. The Morgan fingerprint density at radius 3 is 2.52 bits per heavy atom. The summed E-state index contributed by atoms with van der Waals surface area (Å²) in [6.07, 6.45) is 0.481. The monoisotopic (exact) mass is 288 g/mol. The third-order valence-corrected chi connectivity index (χ3v) is 3.01. The second kappa shape index (κ2) is 7.40. The van der Waals surface area contributed by atoms with Crippen LogP contribution in [-0.4, -0.2) is 17.7 Å². The Morgan fingerprint density at radius 1 is 1.10 bits per heavy atom. The van der Waals surface area contributed by atoms with Crippen LogP contribution in [-0.2, 0) is 13.0 Å². The minimum absolute atomic E-state index is 0.0237. The van der Waals surface area contributed by atoms with Crippen LogP contribution in [0.25, 0.3) is 0 Å². The van der Waals surface area contributed by atoms with Gasteiger partial charge in [0.05, 0.1) is 0 Å². The minimum Gasteiger partial charge on any atom is -0.396 e. The van der Waals surface area contributed by atoms with Crippen LogP contribution >= 0.6 is 0 Å². The molecule has 2 amide bonds. The van der Waals surface area contributed by atoms with Gasteiger partial charge in [0.25, 0.3) is 0 Å². The fourth-order valence-electron chi connectivity index (χ4n) is 1.93. The van der Waals surface area contributed by atoms with Gasteiger partial charge in [-0.2, -0.15) is 0 Å².